The largest absolute Gasteiger partial charge is 0.504 e. The molecule has 10 nitrogen and oxygen atoms in total. The van der Waals surface area contributed by atoms with Crippen LogP contribution in [0.2, 0.25) is 0 Å². The topological polar surface area (TPSA) is 170 Å². The van der Waals surface area contributed by atoms with Gasteiger partial charge in [-0.2, -0.15) is 0 Å². The van der Waals surface area contributed by atoms with E-state index in [0.717, 1.165) is 0 Å². The van der Waals surface area contributed by atoms with Crippen LogP contribution in [0.5, 0.6) is 17.2 Å². The molecule has 1 saturated heterocycles. The fraction of sp³-hybridized carbons (Fsp3) is 0.286. The van der Waals surface area contributed by atoms with Gasteiger partial charge in [-0.05, 0) is 30.3 Å². The molecule has 6 N–H and O–H groups in total. The molecule has 3 aromatic rings. The highest BCUT2D eigenvalue weighted by atomic mass is 16.7. The van der Waals surface area contributed by atoms with E-state index >= 15 is 0 Å². The van der Waals surface area contributed by atoms with Crippen molar-refractivity contribution in [3.63, 3.8) is 0 Å². The van der Waals surface area contributed by atoms with Crippen molar-refractivity contribution in [2.45, 2.75) is 30.7 Å². The Bertz CT molecular complexity index is 1150. The number of hydrogen-bond acceptors (Lipinski definition) is 10. The van der Waals surface area contributed by atoms with E-state index in [4.69, 9.17) is 13.9 Å². The minimum absolute atomic E-state index is 0.130. The monoisotopic (exact) mass is 432 g/mol. The van der Waals surface area contributed by atoms with Crippen molar-refractivity contribution in [3.8, 4) is 28.6 Å². The number of aliphatic hydroxyl groups is 4. The maximum Gasteiger partial charge on any atom is 0.229 e. The van der Waals surface area contributed by atoms with Crippen LogP contribution in [-0.4, -0.2) is 68.0 Å². The van der Waals surface area contributed by atoms with E-state index in [1.807, 2.05) is 0 Å². The highest BCUT2D eigenvalue weighted by molar-refractivity contribution is 5.80. The first-order valence-electron chi connectivity index (χ1n) is 9.36. The lowest BCUT2D eigenvalue weighted by molar-refractivity contribution is -0.277. The lowest BCUT2D eigenvalue weighted by Gasteiger charge is -2.39. The van der Waals surface area contributed by atoms with Crippen molar-refractivity contribution in [3.05, 3.63) is 52.7 Å². The Balaban J connectivity index is 1.67. The van der Waals surface area contributed by atoms with E-state index in [1.165, 1.54) is 42.5 Å². The summed E-state index contributed by atoms with van der Waals surface area (Å²) < 4.78 is 16.6. The third kappa shape index (κ3) is 3.94. The number of phenolic OH excluding ortho intramolecular Hbond substituents is 2. The molecule has 1 fully saturated rings. The maximum absolute atomic E-state index is 12.5. The van der Waals surface area contributed by atoms with E-state index in [-0.39, 0.29) is 39.4 Å². The van der Waals surface area contributed by atoms with Crippen LogP contribution in [0.25, 0.3) is 22.3 Å². The van der Waals surface area contributed by atoms with Gasteiger partial charge in [-0.15, -0.1) is 0 Å². The Morgan fingerprint density at radius 3 is 2.39 bits per heavy atom. The molecule has 0 amide bonds. The van der Waals surface area contributed by atoms with Crippen molar-refractivity contribution >= 4 is 11.0 Å². The van der Waals surface area contributed by atoms with Gasteiger partial charge in [0, 0.05) is 17.7 Å². The number of aromatic hydroxyl groups is 2. The highest BCUT2D eigenvalue weighted by Gasteiger charge is 2.44. The van der Waals surface area contributed by atoms with Crippen LogP contribution in [-0.2, 0) is 4.74 Å². The van der Waals surface area contributed by atoms with Gasteiger partial charge in [-0.25, -0.2) is 0 Å². The molecule has 0 bridgehead atoms. The van der Waals surface area contributed by atoms with Gasteiger partial charge in [0.05, 0.1) is 12.0 Å². The summed E-state index contributed by atoms with van der Waals surface area (Å²) in [6.45, 7) is -0.597. The van der Waals surface area contributed by atoms with Crippen LogP contribution < -0.4 is 10.2 Å². The summed E-state index contributed by atoms with van der Waals surface area (Å²) in [6.07, 6.45) is -7.22. The van der Waals surface area contributed by atoms with Gasteiger partial charge in [0.15, 0.2) is 16.9 Å². The molecule has 10 heteroatoms. The summed E-state index contributed by atoms with van der Waals surface area (Å²) in [6, 6.07) is 9.47. The smallest absolute Gasteiger partial charge is 0.229 e. The zero-order chi connectivity index (χ0) is 22.3. The summed E-state index contributed by atoms with van der Waals surface area (Å²) in [5, 5.41) is 58.5. The van der Waals surface area contributed by atoms with E-state index in [0.29, 0.717) is 5.56 Å². The number of rotatable bonds is 4. The molecule has 1 aliphatic rings. The Morgan fingerprint density at radius 2 is 1.68 bits per heavy atom. The average molecular weight is 432 g/mol. The summed E-state index contributed by atoms with van der Waals surface area (Å²) in [5.74, 6) is -0.425. The zero-order valence-electron chi connectivity index (χ0n) is 16.0. The standard InChI is InChI=1S/C21H20O10/c22-8-17-18(26)19(27)20(28)21(31-17)29-10-2-3-11-13(24)7-15(30-16(11)6-10)9-1-4-12(23)14(25)5-9/h1-7,17-23,25-28H,8H2/t17?,18-,19+,20?,21-/m1/s1. The number of benzene rings is 2. The number of ether oxygens (including phenoxy) is 2. The molecule has 4 rings (SSSR count). The van der Waals surface area contributed by atoms with Crippen molar-refractivity contribution in [2.75, 3.05) is 6.61 Å². The summed E-state index contributed by atoms with van der Waals surface area (Å²) in [7, 11) is 0. The molecular weight excluding hydrogens is 412 g/mol. The molecule has 0 saturated carbocycles. The predicted molar refractivity (Wildman–Crippen MR) is 106 cm³/mol. The number of fused-ring (bicyclic) bond motifs is 1. The average Bonchev–Trinajstić information content (AvgIpc) is 2.75. The summed E-state index contributed by atoms with van der Waals surface area (Å²) >= 11 is 0. The minimum Gasteiger partial charge on any atom is -0.504 e. The molecular formula is C21H20O10. The fourth-order valence-corrected chi connectivity index (χ4v) is 3.33. The Hall–Kier alpha value is -3.15. The maximum atomic E-state index is 12.5. The molecule has 1 aliphatic heterocycles. The first kappa shape index (κ1) is 21.1. The molecule has 1 aromatic heterocycles. The molecule has 0 spiro atoms. The van der Waals surface area contributed by atoms with Gasteiger partial charge in [0.2, 0.25) is 6.29 Å². The summed E-state index contributed by atoms with van der Waals surface area (Å²) in [5.41, 5.74) is 0.134. The van der Waals surface area contributed by atoms with E-state index < -0.39 is 37.3 Å². The first-order valence-corrected chi connectivity index (χ1v) is 9.36. The van der Waals surface area contributed by atoms with E-state index in [2.05, 4.69) is 0 Å². The van der Waals surface area contributed by atoms with Crippen LogP contribution in [0, 0.1) is 0 Å². The second kappa shape index (κ2) is 8.17. The van der Waals surface area contributed by atoms with Crippen LogP contribution in [0.3, 0.4) is 0 Å². The van der Waals surface area contributed by atoms with E-state index in [9.17, 15) is 35.4 Å². The van der Waals surface area contributed by atoms with Crippen molar-refractivity contribution in [1.82, 2.24) is 0 Å². The normalized spacial score (nSPS) is 26.1. The molecule has 2 heterocycles. The van der Waals surface area contributed by atoms with Gasteiger partial charge in [-0.1, -0.05) is 0 Å². The van der Waals surface area contributed by atoms with Gasteiger partial charge in [0.1, 0.15) is 41.5 Å². The number of hydrogen-bond donors (Lipinski definition) is 6. The van der Waals surface area contributed by atoms with Gasteiger partial charge >= 0.3 is 0 Å². The van der Waals surface area contributed by atoms with Crippen molar-refractivity contribution < 1.29 is 44.5 Å². The third-order valence-corrected chi connectivity index (χ3v) is 5.06. The van der Waals surface area contributed by atoms with Crippen molar-refractivity contribution in [1.29, 1.82) is 0 Å². The molecule has 0 aliphatic carbocycles. The lowest BCUT2D eigenvalue weighted by atomic mass is 9.99. The number of aliphatic hydroxyl groups excluding tert-OH is 4. The van der Waals surface area contributed by atoms with Gasteiger partial charge in [0.25, 0.3) is 0 Å². The molecule has 2 aromatic carbocycles. The zero-order valence-corrected chi connectivity index (χ0v) is 16.0. The van der Waals surface area contributed by atoms with Crippen molar-refractivity contribution in [2.24, 2.45) is 0 Å². The quantitative estimate of drug-likeness (QED) is 0.310. The van der Waals surface area contributed by atoms with Crippen LogP contribution in [0.1, 0.15) is 0 Å². The summed E-state index contributed by atoms with van der Waals surface area (Å²) in [4.78, 5) is 12.5. The van der Waals surface area contributed by atoms with Gasteiger partial charge in [-0.3, -0.25) is 4.79 Å². The molecule has 2 unspecified atom stereocenters. The Morgan fingerprint density at radius 1 is 0.903 bits per heavy atom. The fourth-order valence-electron chi connectivity index (χ4n) is 3.33. The molecule has 31 heavy (non-hydrogen) atoms. The number of phenols is 2. The molecule has 0 radical (unpaired) electrons. The van der Waals surface area contributed by atoms with E-state index in [1.54, 1.807) is 0 Å². The first-order chi connectivity index (χ1) is 14.8. The second-order valence-corrected chi connectivity index (χ2v) is 7.15. The Labute approximate surface area is 174 Å². The van der Waals surface area contributed by atoms with Crippen LogP contribution in [0.4, 0.5) is 0 Å². The van der Waals surface area contributed by atoms with Crippen LogP contribution >= 0.6 is 0 Å². The Kier molecular flexibility index (Phi) is 5.56. The lowest BCUT2D eigenvalue weighted by Crippen LogP contribution is -2.60. The third-order valence-electron chi connectivity index (χ3n) is 5.06. The second-order valence-electron chi connectivity index (χ2n) is 7.15. The van der Waals surface area contributed by atoms with Crippen LogP contribution in [0.15, 0.2) is 51.7 Å². The molecule has 164 valence electrons. The molecule has 5 atom stereocenters. The highest BCUT2D eigenvalue weighted by Crippen LogP contribution is 2.32. The van der Waals surface area contributed by atoms with Gasteiger partial charge < -0.3 is 44.5 Å². The predicted octanol–water partition coefficient (Wildman–Crippen LogP) is 0.0499. The SMILES string of the molecule is O=c1cc(-c2ccc(O)c(O)c2)oc2cc(O[C@@H]3OC(CO)[C@@H](O)[C@H](O)C3O)ccc12. The minimum atomic E-state index is -1.59.